The maximum atomic E-state index is 8.85. The molecule has 3 aromatic rings. The zero-order valence-electron chi connectivity index (χ0n) is 22.8. The fourth-order valence-corrected chi connectivity index (χ4v) is 6.44. The Bertz CT molecular complexity index is 1360. The van der Waals surface area contributed by atoms with E-state index < -0.39 is 0 Å². The van der Waals surface area contributed by atoms with Crippen molar-refractivity contribution in [3.05, 3.63) is 75.6 Å². The van der Waals surface area contributed by atoms with E-state index in [1.165, 1.54) is 80.3 Å². The van der Waals surface area contributed by atoms with E-state index in [-0.39, 0.29) is 0 Å². The molecule has 1 heteroatoms. The molecule has 1 atom stereocenters. The Labute approximate surface area is 202 Å². The third kappa shape index (κ3) is 3.74. The molecule has 1 unspecified atom stereocenters. The first-order valence-corrected chi connectivity index (χ1v) is 12.8. The molecule has 1 heterocycles. The van der Waals surface area contributed by atoms with Crippen molar-refractivity contribution in [3.8, 4) is 0 Å². The van der Waals surface area contributed by atoms with Crippen molar-refractivity contribution in [1.29, 1.82) is 0 Å². The van der Waals surface area contributed by atoms with Gasteiger partial charge in [-0.25, -0.2) is 4.57 Å². The zero-order valence-corrected chi connectivity index (χ0v) is 21.8. The highest BCUT2D eigenvalue weighted by Gasteiger charge is 2.36. The summed E-state index contributed by atoms with van der Waals surface area (Å²) in [5, 5.41) is 2.59. The molecule has 0 bridgehead atoms. The Balaban J connectivity index is 1.85. The average molecular weight is 440 g/mol. The van der Waals surface area contributed by atoms with Crippen LogP contribution in [-0.2, 0) is 7.05 Å². The van der Waals surface area contributed by atoms with Gasteiger partial charge in [-0.05, 0) is 102 Å². The van der Waals surface area contributed by atoms with E-state index in [1.807, 2.05) is 0 Å². The Kier molecular flexibility index (Phi) is 5.02. The molecule has 0 radical (unpaired) electrons. The summed E-state index contributed by atoms with van der Waals surface area (Å²) >= 11 is 0. The normalized spacial score (nSPS) is 19.8. The molecule has 5 rings (SSSR count). The standard InChI is InChI=1S/C32H40N/c1-19(2)13-27-28-17-25(24-9-11-32(6,7)18-24)16-23-10-12-33(8)31(29(23)28)30(27)26-15-20(3)14-21(4)22(26)5/h10,12,14-17,19,24H,9,11,13,18H2,1-8H3/q+1/i12D. The molecule has 33 heavy (non-hydrogen) atoms. The fraction of sp³-hybridized carbons (Fsp3) is 0.469. The lowest BCUT2D eigenvalue weighted by Crippen LogP contribution is -2.32. The molecular formula is C32H40N+. The molecule has 2 aromatic carbocycles. The quantitative estimate of drug-likeness (QED) is 0.361. The summed E-state index contributed by atoms with van der Waals surface area (Å²) < 4.78 is 11.0. The number of rotatable bonds is 4. The first-order valence-electron chi connectivity index (χ1n) is 13.3. The van der Waals surface area contributed by atoms with Crippen molar-refractivity contribution >= 4 is 21.9 Å². The van der Waals surface area contributed by atoms with Crippen LogP contribution in [0.15, 0.2) is 36.5 Å². The number of aromatic nitrogens is 1. The van der Waals surface area contributed by atoms with Crippen molar-refractivity contribution < 1.29 is 5.94 Å². The minimum Gasteiger partial charge on any atom is -0.200 e. The molecule has 1 nitrogen and oxygen atoms in total. The monoisotopic (exact) mass is 439 g/mol. The number of allylic oxidation sites excluding steroid dienone is 1. The van der Waals surface area contributed by atoms with Crippen molar-refractivity contribution in [2.24, 2.45) is 18.4 Å². The lowest BCUT2D eigenvalue weighted by molar-refractivity contribution is -0.672. The Morgan fingerprint density at radius 3 is 2.52 bits per heavy atom. The summed E-state index contributed by atoms with van der Waals surface area (Å²) in [5.74, 6) is 1.19. The Morgan fingerprint density at radius 1 is 1.09 bits per heavy atom. The van der Waals surface area contributed by atoms with E-state index in [9.17, 15) is 0 Å². The van der Waals surface area contributed by atoms with Gasteiger partial charge in [0, 0.05) is 6.07 Å². The van der Waals surface area contributed by atoms with Gasteiger partial charge in [-0.15, -0.1) is 0 Å². The second-order valence-electron chi connectivity index (χ2n) is 12.0. The van der Waals surface area contributed by atoms with Gasteiger partial charge in [0.2, 0.25) is 5.69 Å². The highest BCUT2D eigenvalue weighted by atomic mass is 14.9. The number of aryl methyl sites for hydroxylation is 2. The molecule has 2 aliphatic carbocycles. The number of benzene rings is 2. The van der Waals surface area contributed by atoms with E-state index in [1.54, 1.807) is 0 Å². The van der Waals surface area contributed by atoms with Gasteiger partial charge in [-0.3, -0.25) is 0 Å². The van der Waals surface area contributed by atoms with E-state index in [4.69, 9.17) is 1.37 Å². The summed E-state index contributed by atoms with van der Waals surface area (Å²) in [5.41, 5.74) is 12.7. The molecule has 0 saturated heterocycles. The maximum absolute atomic E-state index is 8.85. The van der Waals surface area contributed by atoms with Crippen LogP contribution in [0.25, 0.3) is 21.9 Å². The first kappa shape index (κ1) is 21.1. The largest absolute Gasteiger partial charge is 0.221 e. The number of hydrogen-bond acceptors (Lipinski definition) is 0. The van der Waals surface area contributed by atoms with Gasteiger partial charge in [-0.2, -0.15) is 0 Å². The van der Waals surface area contributed by atoms with Gasteiger partial charge < -0.3 is 0 Å². The van der Waals surface area contributed by atoms with Crippen LogP contribution in [0.4, 0.5) is 0 Å². The van der Waals surface area contributed by atoms with Crippen molar-refractivity contribution in [1.82, 2.24) is 0 Å². The Morgan fingerprint density at radius 2 is 1.85 bits per heavy atom. The van der Waals surface area contributed by atoms with Crippen LogP contribution in [0, 0.1) is 32.1 Å². The van der Waals surface area contributed by atoms with Gasteiger partial charge in [0.05, 0.1) is 11.0 Å². The minimum atomic E-state index is 0.423. The lowest BCUT2D eigenvalue weighted by Gasteiger charge is -2.18. The highest BCUT2D eigenvalue weighted by molar-refractivity contribution is 6.16. The molecule has 0 aliphatic heterocycles. The molecular weight excluding hydrogens is 398 g/mol. The lowest BCUT2D eigenvalue weighted by atomic mass is 9.86. The summed E-state index contributed by atoms with van der Waals surface area (Å²) in [4.78, 5) is 0. The first-order chi connectivity index (χ1) is 16.0. The molecule has 0 amide bonds. The summed E-state index contributed by atoms with van der Waals surface area (Å²) in [7, 11) is 2.07. The van der Waals surface area contributed by atoms with Gasteiger partial charge in [0.15, 0.2) is 6.17 Å². The molecule has 1 aromatic heterocycles. The molecule has 2 aliphatic rings. The van der Waals surface area contributed by atoms with Crippen LogP contribution < -0.4 is 4.57 Å². The fourth-order valence-electron chi connectivity index (χ4n) is 6.44. The predicted molar refractivity (Wildman–Crippen MR) is 142 cm³/mol. The Hall–Kier alpha value is -2.41. The number of hydrogen-bond donors (Lipinski definition) is 0. The van der Waals surface area contributed by atoms with Crippen LogP contribution >= 0.6 is 0 Å². The molecule has 172 valence electrons. The van der Waals surface area contributed by atoms with Gasteiger partial charge in [-0.1, -0.05) is 57.5 Å². The maximum Gasteiger partial charge on any atom is 0.221 e. The van der Waals surface area contributed by atoms with Crippen LogP contribution in [0.2, 0.25) is 0 Å². The van der Waals surface area contributed by atoms with E-state index in [0.717, 1.165) is 6.42 Å². The smallest absolute Gasteiger partial charge is 0.200 e. The predicted octanol–water partition coefficient (Wildman–Crippen LogP) is 8.20. The summed E-state index contributed by atoms with van der Waals surface area (Å²) in [6, 6.07) is 11.7. The van der Waals surface area contributed by atoms with Crippen LogP contribution in [0.1, 0.15) is 99.7 Å². The average Bonchev–Trinajstić information content (AvgIpc) is 3.26. The minimum absolute atomic E-state index is 0.423. The summed E-state index contributed by atoms with van der Waals surface area (Å²) in [6.45, 7) is 16.2. The molecule has 1 fully saturated rings. The van der Waals surface area contributed by atoms with E-state index in [0.29, 0.717) is 23.4 Å². The number of pyridine rings is 1. The third-order valence-corrected chi connectivity index (χ3v) is 8.17. The van der Waals surface area contributed by atoms with Crippen molar-refractivity contribution in [3.63, 3.8) is 0 Å². The van der Waals surface area contributed by atoms with Gasteiger partial charge >= 0.3 is 0 Å². The highest BCUT2D eigenvalue weighted by Crippen LogP contribution is 2.51. The molecule has 0 spiro atoms. The van der Waals surface area contributed by atoms with Crippen LogP contribution in [-0.4, -0.2) is 0 Å². The molecule has 1 saturated carbocycles. The van der Waals surface area contributed by atoms with Gasteiger partial charge in [0.1, 0.15) is 8.42 Å². The number of nitrogens with zero attached hydrogens (tertiary/aromatic N) is 1. The third-order valence-electron chi connectivity index (χ3n) is 8.17. The van der Waals surface area contributed by atoms with Crippen LogP contribution in [0.3, 0.4) is 0 Å². The summed E-state index contributed by atoms with van der Waals surface area (Å²) in [6.07, 6.45) is 5.46. The second kappa shape index (κ2) is 7.83. The SMILES string of the molecule is [2H]c1cc2cc(C3CCC(C)(C)C3)cc3c2c([n+]1C)C(c1cc(C)cc(C)c1C)=C3CC(C)C. The topological polar surface area (TPSA) is 3.88 Å². The van der Waals surface area contributed by atoms with Crippen molar-refractivity contribution in [2.45, 2.75) is 80.1 Å². The zero-order chi connectivity index (χ0) is 24.5. The van der Waals surface area contributed by atoms with Gasteiger partial charge in [0.25, 0.3) is 0 Å². The molecule has 0 N–H and O–H groups in total. The van der Waals surface area contributed by atoms with E-state index >= 15 is 0 Å². The van der Waals surface area contributed by atoms with Crippen molar-refractivity contribution in [2.75, 3.05) is 0 Å². The van der Waals surface area contributed by atoms with Crippen LogP contribution in [0.5, 0.6) is 0 Å². The second-order valence-corrected chi connectivity index (χ2v) is 12.0. The van der Waals surface area contributed by atoms with E-state index in [2.05, 4.69) is 90.4 Å².